The van der Waals surface area contributed by atoms with Crippen molar-refractivity contribution in [2.24, 2.45) is 35.0 Å². The Balaban J connectivity index is 1.09. The summed E-state index contributed by atoms with van der Waals surface area (Å²) in [5.74, 6) is -1.68. The summed E-state index contributed by atoms with van der Waals surface area (Å²) in [4.78, 5) is 31.1. The fraction of sp³-hybridized carbons (Fsp3) is 0.706. The SMILES string of the molecule is CC1=C2C[C@H]3[C@@H](CC=C4C[C@@H](OC(=O)On5c(O)ccc5O)CC[C@@]43C)[C@@H]2CC[C@]12O[C@@H]1C[C@H](C)CN(C(=O)C(F)(F)F)[C@H]1[C@H]2C. The summed E-state index contributed by atoms with van der Waals surface area (Å²) in [6.07, 6.45) is 1.76. The van der Waals surface area contributed by atoms with Gasteiger partial charge in [-0.3, -0.25) is 9.63 Å². The molecule has 0 bridgehead atoms. The Morgan fingerprint density at radius 3 is 2.50 bits per heavy atom. The second kappa shape index (κ2) is 10.7. The molecule has 46 heavy (non-hydrogen) atoms. The van der Waals surface area contributed by atoms with Crippen LogP contribution in [0.3, 0.4) is 0 Å². The molecule has 7 rings (SSSR count). The molecule has 4 aliphatic carbocycles. The number of carbonyl (C=O) groups is 2. The third-order valence-electron chi connectivity index (χ3n) is 12.7. The zero-order chi connectivity index (χ0) is 32.9. The number of halogens is 3. The molecule has 0 unspecified atom stereocenters. The molecular formula is C34H43F3N2O7. The summed E-state index contributed by atoms with van der Waals surface area (Å²) in [7, 11) is 0. The summed E-state index contributed by atoms with van der Waals surface area (Å²) in [5, 5.41) is 19.5. The van der Waals surface area contributed by atoms with Crippen LogP contribution in [0.4, 0.5) is 18.0 Å². The van der Waals surface area contributed by atoms with Gasteiger partial charge in [-0.25, -0.2) is 4.79 Å². The van der Waals surface area contributed by atoms with Crippen molar-refractivity contribution < 1.29 is 47.3 Å². The molecule has 12 heteroatoms. The standard InChI is InChI=1S/C34H43F3N2O7/c1-17-13-26-29(38(16-17)30(42)34(35,36)37)19(3)33(45-26)12-10-22-23-6-5-20-14-21(44-31(43)46-39-27(40)7-8-28(39)41)9-11-32(20,4)25(23)15-24(22)18(33)2/h5,7-8,17,19,21-23,25-26,29,40-41H,6,9-16H2,1-4H3/t17-,19+,21-,22-,23-,25-,26+,29-,32-,33-/m0/s1. The molecule has 1 spiro atoms. The maximum Gasteiger partial charge on any atom is 0.534 e. The monoisotopic (exact) mass is 648 g/mol. The molecule has 2 aliphatic heterocycles. The summed E-state index contributed by atoms with van der Waals surface area (Å²) in [6, 6.07) is 1.80. The topological polar surface area (TPSA) is 110 Å². The van der Waals surface area contributed by atoms with Gasteiger partial charge >= 0.3 is 18.2 Å². The Morgan fingerprint density at radius 2 is 1.80 bits per heavy atom. The first-order valence-corrected chi connectivity index (χ1v) is 16.6. The number of hydrogen-bond donors (Lipinski definition) is 2. The van der Waals surface area contributed by atoms with Gasteiger partial charge in [-0.1, -0.05) is 38.0 Å². The van der Waals surface area contributed by atoms with E-state index in [2.05, 4.69) is 19.9 Å². The van der Waals surface area contributed by atoms with Crippen molar-refractivity contribution in [2.75, 3.05) is 6.54 Å². The van der Waals surface area contributed by atoms with E-state index in [-0.39, 0.29) is 23.8 Å². The normalized spacial score (nSPS) is 40.2. The number of alkyl halides is 3. The summed E-state index contributed by atoms with van der Waals surface area (Å²) in [6.45, 7) is 8.41. The molecule has 2 saturated heterocycles. The zero-order valence-electron chi connectivity index (χ0n) is 26.7. The second-order valence-corrected chi connectivity index (χ2v) is 14.9. The average Bonchev–Trinajstić information content (AvgIpc) is 3.62. The van der Waals surface area contributed by atoms with E-state index >= 15 is 0 Å². The lowest BCUT2D eigenvalue weighted by atomic mass is 9.56. The summed E-state index contributed by atoms with van der Waals surface area (Å²) >= 11 is 0. The maximum atomic E-state index is 13.7. The van der Waals surface area contributed by atoms with Crippen molar-refractivity contribution in [1.29, 1.82) is 0 Å². The quantitative estimate of drug-likeness (QED) is 0.287. The van der Waals surface area contributed by atoms with Crippen LogP contribution in [-0.2, 0) is 14.3 Å². The van der Waals surface area contributed by atoms with Crippen LogP contribution in [0.15, 0.2) is 34.9 Å². The first kappa shape index (κ1) is 31.4. The van der Waals surface area contributed by atoms with Gasteiger partial charge in [0.15, 0.2) is 0 Å². The number of aromatic nitrogens is 1. The smallest absolute Gasteiger partial charge is 0.492 e. The number of aromatic hydroxyl groups is 2. The molecule has 9 nitrogen and oxygen atoms in total. The van der Waals surface area contributed by atoms with Crippen LogP contribution in [0.1, 0.15) is 79.1 Å². The number of nitrogens with zero attached hydrogens (tertiary/aromatic N) is 2. The minimum atomic E-state index is -4.91. The summed E-state index contributed by atoms with van der Waals surface area (Å²) in [5.41, 5.74) is 3.06. The van der Waals surface area contributed by atoms with E-state index < -0.39 is 53.8 Å². The van der Waals surface area contributed by atoms with Gasteiger partial charge in [0.1, 0.15) is 6.10 Å². The van der Waals surface area contributed by atoms with Crippen LogP contribution in [-0.4, -0.2) is 68.5 Å². The minimum Gasteiger partial charge on any atom is -0.492 e. The van der Waals surface area contributed by atoms with Gasteiger partial charge in [-0.15, -0.1) is 4.73 Å². The van der Waals surface area contributed by atoms with Crippen molar-refractivity contribution in [3.05, 3.63) is 34.9 Å². The highest BCUT2D eigenvalue weighted by Gasteiger charge is 2.63. The van der Waals surface area contributed by atoms with Gasteiger partial charge in [0, 0.05) is 31.0 Å². The predicted octanol–water partition coefficient (Wildman–Crippen LogP) is 6.29. The summed E-state index contributed by atoms with van der Waals surface area (Å²) < 4.78 is 54.1. The number of ether oxygens (including phenoxy) is 2. The van der Waals surface area contributed by atoms with Gasteiger partial charge < -0.3 is 24.6 Å². The van der Waals surface area contributed by atoms with Crippen molar-refractivity contribution in [3.8, 4) is 11.8 Å². The van der Waals surface area contributed by atoms with Crippen LogP contribution in [0.5, 0.6) is 11.8 Å². The van der Waals surface area contributed by atoms with Gasteiger partial charge in [0.2, 0.25) is 11.8 Å². The zero-order valence-corrected chi connectivity index (χ0v) is 26.7. The van der Waals surface area contributed by atoms with Crippen molar-refractivity contribution in [2.45, 2.75) is 109 Å². The molecular weight excluding hydrogens is 605 g/mol. The maximum absolute atomic E-state index is 13.7. The number of likely N-dealkylation sites (tertiary alicyclic amines) is 1. The van der Waals surface area contributed by atoms with E-state index in [1.807, 2.05) is 13.8 Å². The molecule has 252 valence electrons. The Labute approximate surface area is 266 Å². The average molecular weight is 649 g/mol. The van der Waals surface area contributed by atoms with E-state index in [1.165, 1.54) is 23.3 Å². The van der Waals surface area contributed by atoms with Gasteiger partial charge in [0.25, 0.3) is 0 Å². The molecule has 1 amide bonds. The lowest BCUT2D eigenvalue weighted by Crippen LogP contribution is -2.57. The molecule has 4 fully saturated rings. The van der Waals surface area contributed by atoms with Crippen molar-refractivity contribution >= 4 is 12.1 Å². The second-order valence-electron chi connectivity index (χ2n) is 14.9. The van der Waals surface area contributed by atoms with E-state index in [4.69, 9.17) is 14.3 Å². The molecule has 2 saturated carbocycles. The number of allylic oxidation sites excluding steroid dienone is 2. The third-order valence-corrected chi connectivity index (χ3v) is 12.7. The number of rotatable bonds is 2. The van der Waals surface area contributed by atoms with Crippen LogP contribution >= 0.6 is 0 Å². The van der Waals surface area contributed by atoms with Crippen LogP contribution < -0.4 is 4.84 Å². The van der Waals surface area contributed by atoms with E-state index in [9.17, 15) is 33.0 Å². The Kier molecular flexibility index (Phi) is 7.30. The van der Waals surface area contributed by atoms with Gasteiger partial charge in [0.05, 0.1) is 17.7 Å². The number of fused-ring (bicyclic) bond motifs is 6. The van der Waals surface area contributed by atoms with Crippen molar-refractivity contribution in [3.63, 3.8) is 0 Å². The number of hydrogen-bond acceptors (Lipinski definition) is 7. The minimum absolute atomic E-state index is 0.0767. The fourth-order valence-electron chi connectivity index (χ4n) is 10.5. The van der Waals surface area contributed by atoms with E-state index in [1.54, 1.807) is 0 Å². The molecule has 0 radical (unpaired) electrons. The number of piperidine rings is 1. The molecule has 10 atom stereocenters. The van der Waals surface area contributed by atoms with Gasteiger partial charge in [-0.05, 0) is 86.5 Å². The van der Waals surface area contributed by atoms with Crippen LogP contribution in [0.25, 0.3) is 0 Å². The first-order valence-electron chi connectivity index (χ1n) is 16.6. The lowest BCUT2D eigenvalue weighted by Gasteiger charge is -2.49. The van der Waals surface area contributed by atoms with Crippen LogP contribution in [0.2, 0.25) is 0 Å². The lowest BCUT2D eigenvalue weighted by molar-refractivity contribution is -0.192. The Hall–Kier alpha value is -3.15. The molecule has 3 heterocycles. The highest BCUT2D eigenvalue weighted by atomic mass is 19.4. The van der Waals surface area contributed by atoms with Gasteiger partial charge in [-0.2, -0.15) is 13.2 Å². The molecule has 0 aromatic carbocycles. The first-order chi connectivity index (χ1) is 21.6. The third kappa shape index (κ3) is 4.67. The number of amides is 1. The van der Waals surface area contributed by atoms with Crippen molar-refractivity contribution in [1.82, 2.24) is 9.63 Å². The Bertz CT molecular complexity index is 1480. The predicted molar refractivity (Wildman–Crippen MR) is 158 cm³/mol. The van der Waals surface area contributed by atoms with E-state index in [0.717, 1.165) is 42.6 Å². The molecule has 6 aliphatic rings. The Morgan fingerprint density at radius 1 is 1.09 bits per heavy atom. The fourth-order valence-corrected chi connectivity index (χ4v) is 10.5. The molecule has 2 N–H and O–H groups in total. The molecule has 1 aromatic rings. The largest absolute Gasteiger partial charge is 0.534 e. The van der Waals surface area contributed by atoms with E-state index in [0.29, 0.717) is 41.7 Å². The highest BCUT2D eigenvalue weighted by Crippen LogP contribution is 2.65. The molecule has 1 aromatic heterocycles. The number of carbonyl (C=O) groups excluding carboxylic acids is 2. The highest BCUT2D eigenvalue weighted by molar-refractivity contribution is 5.82. The van der Waals surface area contributed by atoms with Crippen LogP contribution in [0, 0.1) is 35.0 Å².